The summed E-state index contributed by atoms with van der Waals surface area (Å²) in [6.45, 7) is 4.90. The van der Waals surface area contributed by atoms with Crippen molar-refractivity contribution in [1.82, 2.24) is 4.90 Å². The number of aryl methyl sites for hydroxylation is 1. The Morgan fingerprint density at radius 3 is 2.29 bits per heavy atom. The highest BCUT2D eigenvalue weighted by molar-refractivity contribution is 6.46. The van der Waals surface area contributed by atoms with E-state index in [9.17, 15) is 14.7 Å². The van der Waals surface area contributed by atoms with E-state index in [1.165, 1.54) is 0 Å². The largest absolute Gasteiger partial charge is 0.507 e. The van der Waals surface area contributed by atoms with Gasteiger partial charge in [-0.3, -0.25) is 9.59 Å². The van der Waals surface area contributed by atoms with Crippen LogP contribution in [0.25, 0.3) is 5.76 Å². The number of unbranched alkanes of at least 4 members (excludes halogenated alkanes) is 2. The Balaban J connectivity index is 1.66. The molecule has 35 heavy (non-hydrogen) atoms. The number of aliphatic hydroxyl groups is 1. The molecule has 180 valence electrons. The van der Waals surface area contributed by atoms with Gasteiger partial charge >= 0.3 is 0 Å². The summed E-state index contributed by atoms with van der Waals surface area (Å²) in [5.41, 5.74) is 3.32. The van der Waals surface area contributed by atoms with E-state index in [0.717, 1.165) is 36.0 Å². The van der Waals surface area contributed by atoms with Crippen molar-refractivity contribution in [3.8, 4) is 5.75 Å². The van der Waals surface area contributed by atoms with Crippen LogP contribution in [-0.2, 0) is 16.2 Å². The highest BCUT2D eigenvalue weighted by atomic mass is 16.5. The van der Waals surface area contributed by atoms with Gasteiger partial charge in [-0.2, -0.15) is 0 Å². The van der Waals surface area contributed by atoms with Crippen LogP contribution in [-0.4, -0.2) is 28.2 Å². The second kappa shape index (κ2) is 11.0. The summed E-state index contributed by atoms with van der Waals surface area (Å²) in [5.74, 6) is -0.663. The molecule has 1 unspecified atom stereocenters. The molecular weight excluding hydrogens is 438 g/mol. The van der Waals surface area contributed by atoms with Gasteiger partial charge in [0, 0.05) is 12.1 Å². The Kier molecular flexibility index (Phi) is 7.66. The summed E-state index contributed by atoms with van der Waals surface area (Å²) < 4.78 is 5.96. The summed E-state index contributed by atoms with van der Waals surface area (Å²) in [4.78, 5) is 27.7. The summed E-state index contributed by atoms with van der Waals surface area (Å²) in [7, 11) is 0. The monoisotopic (exact) mass is 469 g/mol. The number of hydrogen-bond acceptors (Lipinski definition) is 4. The zero-order valence-corrected chi connectivity index (χ0v) is 20.2. The van der Waals surface area contributed by atoms with E-state index in [2.05, 4.69) is 6.92 Å². The maximum absolute atomic E-state index is 13.1. The number of rotatable bonds is 9. The number of likely N-dealkylation sites (tertiary alicyclic amines) is 1. The maximum atomic E-state index is 13.1. The van der Waals surface area contributed by atoms with E-state index in [0.29, 0.717) is 24.5 Å². The maximum Gasteiger partial charge on any atom is 0.295 e. The lowest BCUT2D eigenvalue weighted by molar-refractivity contribution is -0.139. The first-order valence-corrected chi connectivity index (χ1v) is 12.1. The molecule has 5 heteroatoms. The summed E-state index contributed by atoms with van der Waals surface area (Å²) in [6, 6.07) is 24.0. The predicted octanol–water partition coefficient (Wildman–Crippen LogP) is 6.19. The summed E-state index contributed by atoms with van der Waals surface area (Å²) >= 11 is 0. The minimum atomic E-state index is -0.644. The van der Waals surface area contributed by atoms with Crippen LogP contribution in [0.1, 0.15) is 54.5 Å². The molecule has 0 spiro atoms. The van der Waals surface area contributed by atoms with Gasteiger partial charge in [-0.25, -0.2) is 0 Å². The average Bonchev–Trinajstić information content (AvgIpc) is 3.14. The van der Waals surface area contributed by atoms with Crippen molar-refractivity contribution in [2.75, 3.05) is 6.54 Å². The van der Waals surface area contributed by atoms with Gasteiger partial charge in [0.2, 0.25) is 0 Å². The fourth-order valence-corrected chi connectivity index (χ4v) is 4.47. The third kappa shape index (κ3) is 5.29. The lowest BCUT2D eigenvalue weighted by Crippen LogP contribution is -2.30. The number of amides is 1. The van der Waals surface area contributed by atoms with E-state index in [1.54, 1.807) is 23.1 Å². The highest BCUT2D eigenvalue weighted by Crippen LogP contribution is 2.40. The van der Waals surface area contributed by atoms with Crippen LogP contribution in [0, 0.1) is 6.92 Å². The molecule has 0 saturated carbocycles. The van der Waals surface area contributed by atoms with Crippen molar-refractivity contribution in [3.63, 3.8) is 0 Å². The molecule has 1 N–H and O–H groups in total. The Labute approximate surface area is 206 Å². The van der Waals surface area contributed by atoms with Crippen molar-refractivity contribution in [3.05, 3.63) is 107 Å². The number of carbonyl (C=O) groups is 2. The molecule has 3 aromatic carbocycles. The molecular formula is C30H31NO4. The SMILES string of the molecule is CCCCCN1C(=O)C(=O)/C(=C(\O)c2ccc(OCc3ccccc3)c(C)c2)C1c1ccccc1. The molecule has 1 saturated heterocycles. The van der Waals surface area contributed by atoms with E-state index < -0.39 is 17.7 Å². The van der Waals surface area contributed by atoms with Crippen LogP contribution in [0.5, 0.6) is 5.75 Å². The number of hydrogen-bond donors (Lipinski definition) is 1. The van der Waals surface area contributed by atoms with Crippen molar-refractivity contribution in [2.24, 2.45) is 0 Å². The lowest BCUT2D eigenvalue weighted by atomic mass is 9.94. The molecule has 1 fully saturated rings. The van der Waals surface area contributed by atoms with E-state index in [4.69, 9.17) is 4.74 Å². The van der Waals surface area contributed by atoms with Gasteiger partial charge in [-0.15, -0.1) is 0 Å². The zero-order chi connectivity index (χ0) is 24.8. The molecule has 0 aliphatic carbocycles. The van der Waals surface area contributed by atoms with Crippen molar-refractivity contribution in [2.45, 2.75) is 45.8 Å². The number of Topliss-reactive ketones (excluding diaryl/α,β-unsaturated/α-hetero) is 1. The third-order valence-corrected chi connectivity index (χ3v) is 6.34. The van der Waals surface area contributed by atoms with Crippen LogP contribution in [0.15, 0.2) is 84.4 Å². The first-order valence-electron chi connectivity index (χ1n) is 12.1. The van der Waals surface area contributed by atoms with Crippen molar-refractivity contribution in [1.29, 1.82) is 0 Å². The average molecular weight is 470 g/mol. The number of aliphatic hydroxyl groups excluding tert-OH is 1. The molecule has 1 heterocycles. The molecule has 3 aromatic rings. The quantitative estimate of drug-likeness (QED) is 0.176. The minimum absolute atomic E-state index is 0.134. The molecule has 1 atom stereocenters. The molecule has 5 nitrogen and oxygen atoms in total. The second-order valence-electron chi connectivity index (χ2n) is 8.86. The Hall–Kier alpha value is -3.86. The van der Waals surface area contributed by atoms with Crippen LogP contribution in [0.4, 0.5) is 0 Å². The first kappa shape index (κ1) is 24.3. The fraction of sp³-hybridized carbons (Fsp3) is 0.267. The van der Waals surface area contributed by atoms with Crippen molar-refractivity contribution >= 4 is 17.4 Å². The summed E-state index contributed by atoms with van der Waals surface area (Å²) in [6.07, 6.45) is 2.78. The second-order valence-corrected chi connectivity index (χ2v) is 8.86. The molecule has 1 amide bonds. The highest BCUT2D eigenvalue weighted by Gasteiger charge is 2.45. The summed E-state index contributed by atoms with van der Waals surface area (Å²) in [5, 5.41) is 11.3. The van der Waals surface area contributed by atoms with Gasteiger partial charge in [0.1, 0.15) is 18.1 Å². The van der Waals surface area contributed by atoms with E-state index >= 15 is 0 Å². The normalized spacial score (nSPS) is 17.1. The molecule has 0 radical (unpaired) electrons. The molecule has 0 bridgehead atoms. The van der Waals surface area contributed by atoms with E-state index in [1.807, 2.05) is 67.6 Å². The van der Waals surface area contributed by atoms with Crippen LogP contribution in [0.2, 0.25) is 0 Å². The number of ether oxygens (including phenoxy) is 1. The number of benzene rings is 3. The Bertz CT molecular complexity index is 1220. The van der Waals surface area contributed by atoms with Crippen LogP contribution < -0.4 is 4.74 Å². The van der Waals surface area contributed by atoms with Gasteiger partial charge in [-0.1, -0.05) is 80.4 Å². The number of ketones is 1. The lowest BCUT2D eigenvalue weighted by Gasteiger charge is -2.25. The predicted molar refractivity (Wildman–Crippen MR) is 137 cm³/mol. The molecule has 1 aliphatic rings. The van der Waals surface area contributed by atoms with Gasteiger partial charge < -0.3 is 14.7 Å². The van der Waals surface area contributed by atoms with Gasteiger partial charge in [-0.05, 0) is 48.2 Å². The third-order valence-electron chi connectivity index (χ3n) is 6.34. The van der Waals surface area contributed by atoms with Crippen molar-refractivity contribution < 1.29 is 19.4 Å². The Morgan fingerprint density at radius 1 is 0.943 bits per heavy atom. The van der Waals surface area contributed by atoms with Crippen LogP contribution in [0.3, 0.4) is 0 Å². The first-order chi connectivity index (χ1) is 17.0. The molecule has 1 aliphatic heterocycles. The topological polar surface area (TPSA) is 66.8 Å². The van der Waals surface area contributed by atoms with E-state index in [-0.39, 0.29) is 11.3 Å². The number of carbonyl (C=O) groups excluding carboxylic acids is 2. The minimum Gasteiger partial charge on any atom is -0.507 e. The molecule has 4 rings (SSSR count). The van der Waals surface area contributed by atoms with Gasteiger partial charge in [0.15, 0.2) is 0 Å². The molecule has 0 aromatic heterocycles. The van der Waals surface area contributed by atoms with Gasteiger partial charge in [0.25, 0.3) is 11.7 Å². The standard InChI is InChI=1S/C30H31NO4/c1-3-4-11-18-31-27(23-14-9-6-10-15-23)26(29(33)30(31)34)28(32)24-16-17-25(21(2)19-24)35-20-22-12-7-5-8-13-22/h5-10,12-17,19,27,32H,3-4,11,18,20H2,1-2H3/b28-26-. The number of nitrogens with zero attached hydrogens (tertiary/aromatic N) is 1. The smallest absolute Gasteiger partial charge is 0.295 e. The zero-order valence-electron chi connectivity index (χ0n) is 20.2. The fourth-order valence-electron chi connectivity index (χ4n) is 4.47. The Morgan fingerprint density at radius 2 is 1.63 bits per heavy atom. The van der Waals surface area contributed by atoms with Crippen LogP contribution >= 0.6 is 0 Å². The van der Waals surface area contributed by atoms with Gasteiger partial charge in [0.05, 0.1) is 11.6 Å².